The lowest BCUT2D eigenvalue weighted by Gasteiger charge is -2.33. The number of aromatic nitrogens is 2. The Labute approximate surface area is 121 Å². The summed E-state index contributed by atoms with van der Waals surface area (Å²) in [6, 6.07) is 1.16. The Bertz CT molecular complexity index is 468. The van der Waals surface area contributed by atoms with Crippen LogP contribution in [0.25, 0.3) is 0 Å². The molecule has 0 spiro atoms. The quantitative estimate of drug-likeness (QED) is 0.933. The van der Waals surface area contributed by atoms with Gasteiger partial charge in [-0.15, -0.1) is 0 Å². The summed E-state index contributed by atoms with van der Waals surface area (Å²) in [6.07, 6.45) is -1.36. The second-order valence-electron chi connectivity index (χ2n) is 6.03. The van der Waals surface area contributed by atoms with Gasteiger partial charge >= 0.3 is 6.18 Å². The summed E-state index contributed by atoms with van der Waals surface area (Å²) in [7, 11) is 0. The predicted octanol–water partition coefficient (Wildman–Crippen LogP) is 2.64. The van der Waals surface area contributed by atoms with Crippen LogP contribution < -0.4 is 0 Å². The number of piperidine rings is 1. The monoisotopic (exact) mass is 303 g/mol. The first-order chi connectivity index (χ1) is 10.0. The zero-order valence-electron chi connectivity index (χ0n) is 11.8. The van der Waals surface area contributed by atoms with E-state index in [1.54, 1.807) is 0 Å². The van der Waals surface area contributed by atoms with E-state index in [2.05, 4.69) is 15.1 Å². The Hall–Kier alpha value is -1.08. The van der Waals surface area contributed by atoms with Crippen molar-refractivity contribution in [3.8, 4) is 0 Å². The number of nitrogens with zero attached hydrogens (tertiary/aromatic N) is 2. The molecule has 0 unspecified atom stereocenters. The third-order valence-electron chi connectivity index (χ3n) is 4.37. The van der Waals surface area contributed by atoms with Crippen molar-refractivity contribution in [3.05, 3.63) is 17.5 Å². The number of halogens is 3. The van der Waals surface area contributed by atoms with E-state index in [4.69, 9.17) is 4.74 Å². The van der Waals surface area contributed by atoms with Crippen molar-refractivity contribution in [1.82, 2.24) is 15.1 Å². The summed E-state index contributed by atoms with van der Waals surface area (Å²) in [5.74, 6) is 0.681. The number of nitrogens with one attached hydrogen (secondary N) is 1. The molecule has 2 aliphatic heterocycles. The van der Waals surface area contributed by atoms with Crippen molar-refractivity contribution < 1.29 is 17.9 Å². The molecule has 1 aromatic heterocycles. The molecule has 1 N–H and O–H groups in total. The molecule has 0 amide bonds. The summed E-state index contributed by atoms with van der Waals surface area (Å²) >= 11 is 0. The highest BCUT2D eigenvalue weighted by Gasteiger charge is 2.35. The summed E-state index contributed by atoms with van der Waals surface area (Å²) < 4.78 is 43.2. The van der Waals surface area contributed by atoms with E-state index in [-0.39, 0.29) is 5.92 Å². The Morgan fingerprint density at radius 3 is 2.90 bits per heavy atom. The molecule has 21 heavy (non-hydrogen) atoms. The number of likely N-dealkylation sites (tertiary alicyclic amines) is 1. The van der Waals surface area contributed by atoms with Crippen molar-refractivity contribution in [1.29, 1.82) is 0 Å². The van der Waals surface area contributed by atoms with Gasteiger partial charge in [-0.05, 0) is 37.8 Å². The van der Waals surface area contributed by atoms with E-state index in [1.165, 1.54) is 0 Å². The molecule has 118 valence electrons. The Balaban J connectivity index is 1.61. The maximum absolute atomic E-state index is 12.6. The topological polar surface area (TPSA) is 41.1 Å². The lowest BCUT2D eigenvalue weighted by molar-refractivity contribution is -0.141. The van der Waals surface area contributed by atoms with Gasteiger partial charge in [-0.2, -0.15) is 18.3 Å². The van der Waals surface area contributed by atoms with Crippen molar-refractivity contribution in [2.75, 3.05) is 32.8 Å². The third-order valence-corrected chi connectivity index (χ3v) is 4.37. The van der Waals surface area contributed by atoms with Crippen LogP contribution in [-0.2, 0) is 10.9 Å². The van der Waals surface area contributed by atoms with Crippen molar-refractivity contribution in [2.24, 2.45) is 5.92 Å². The zero-order valence-corrected chi connectivity index (χ0v) is 11.8. The van der Waals surface area contributed by atoms with Crippen molar-refractivity contribution in [3.63, 3.8) is 0 Å². The molecule has 2 fully saturated rings. The molecular formula is C14H20F3N3O. The minimum Gasteiger partial charge on any atom is -0.381 e. The highest BCUT2D eigenvalue weighted by Crippen LogP contribution is 2.32. The first-order valence-electron chi connectivity index (χ1n) is 7.45. The van der Waals surface area contributed by atoms with Crippen molar-refractivity contribution in [2.45, 2.75) is 31.4 Å². The number of alkyl halides is 3. The molecule has 7 heteroatoms. The fraction of sp³-hybridized carbons (Fsp3) is 0.786. The molecule has 2 atom stereocenters. The highest BCUT2D eigenvalue weighted by atomic mass is 19.4. The van der Waals surface area contributed by atoms with Gasteiger partial charge in [-0.3, -0.25) is 5.10 Å². The largest absolute Gasteiger partial charge is 0.435 e. The molecule has 2 saturated heterocycles. The number of hydrogen-bond acceptors (Lipinski definition) is 3. The molecule has 0 radical (unpaired) electrons. The minimum absolute atomic E-state index is 0.115. The highest BCUT2D eigenvalue weighted by molar-refractivity contribution is 5.16. The second kappa shape index (κ2) is 5.96. The fourth-order valence-electron chi connectivity index (χ4n) is 3.26. The van der Waals surface area contributed by atoms with Crippen LogP contribution in [0.3, 0.4) is 0 Å². The number of H-pyrrole nitrogens is 1. The molecule has 4 nitrogen and oxygen atoms in total. The summed E-state index contributed by atoms with van der Waals surface area (Å²) in [5.41, 5.74) is -0.214. The van der Waals surface area contributed by atoms with Gasteiger partial charge in [0.05, 0.1) is 6.61 Å². The molecular weight excluding hydrogens is 283 g/mol. The number of rotatable bonds is 3. The second-order valence-corrected chi connectivity index (χ2v) is 6.03. The van der Waals surface area contributed by atoms with Gasteiger partial charge in [0.1, 0.15) is 0 Å². The fourth-order valence-corrected chi connectivity index (χ4v) is 3.26. The van der Waals surface area contributed by atoms with Gasteiger partial charge in [0.2, 0.25) is 0 Å². The lowest BCUT2D eigenvalue weighted by atomic mass is 9.93. The smallest absolute Gasteiger partial charge is 0.381 e. The Morgan fingerprint density at radius 2 is 2.24 bits per heavy atom. The Morgan fingerprint density at radius 1 is 1.38 bits per heavy atom. The van der Waals surface area contributed by atoms with Crippen LogP contribution >= 0.6 is 0 Å². The maximum atomic E-state index is 12.6. The van der Waals surface area contributed by atoms with Gasteiger partial charge < -0.3 is 9.64 Å². The average Bonchev–Trinajstić information content (AvgIpc) is 3.09. The first-order valence-corrected chi connectivity index (χ1v) is 7.45. The van der Waals surface area contributed by atoms with Crippen LogP contribution in [0.2, 0.25) is 0 Å². The van der Waals surface area contributed by atoms with E-state index < -0.39 is 11.9 Å². The molecule has 2 aliphatic rings. The third kappa shape index (κ3) is 3.58. The van der Waals surface area contributed by atoms with Crippen LogP contribution in [-0.4, -0.2) is 47.9 Å². The van der Waals surface area contributed by atoms with E-state index in [0.29, 0.717) is 11.6 Å². The molecule has 1 aromatic rings. The SMILES string of the molecule is FC(F)(F)c1cc([C@H]2CCCN(C[C@@H]3CCOC3)C2)[nH]n1. The van der Waals surface area contributed by atoms with Gasteiger partial charge in [0.15, 0.2) is 5.69 Å². The maximum Gasteiger partial charge on any atom is 0.435 e. The standard InChI is InChI=1S/C14H20F3N3O/c15-14(16,17)13-6-12(18-19-13)11-2-1-4-20(8-11)7-10-3-5-21-9-10/h6,10-11H,1-5,7-9H2,(H,18,19)/t10-,11-/m0/s1. The van der Waals surface area contributed by atoms with Crippen LogP contribution in [0.1, 0.15) is 36.6 Å². The number of hydrogen-bond donors (Lipinski definition) is 1. The van der Waals surface area contributed by atoms with E-state index in [0.717, 1.165) is 58.2 Å². The summed E-state index contributed by atoms with van der Waals surface area (Å²) in [5, 5.41) is 5.98. The predicted molar refractivity (Wildman–Crippen MR) is 70.9 cm³/mol. The van der Waals surface area contributed by atoms with Gasteiger partial charge in [-0.25, -0.2) is 0 Å². The molecule has 0 aliphatic carbocycles. The molecule has 3 heterocycles. The van der Waals surface area contributed by atoms with Crippen LogP contribution in [0.5, 0.6) is 0 Å². The summed E-state index contributed by atoms with van der Waals surface area (Å²) in [6.45, 7) is 4.45. The Kier molecular flexibility index (Phi) is 4.21. The molecule has 0 bridgehead atoms. The zero-order chi connectivity index (χ0) is 14.9. The average molecular weight is 303 g/mol. The minimum atomic E-state index is -4.37. The van der Waals surface area contributed by atoms with Gasteiger partial charge in [-0.1, -0.05) is 0 Å². The lowest BCUT2D eigenvalue weighted by Crippen LogP contribution is -2.38. The van der Waals surface area contributed by atoms with Gasteiger partial charge in [0, 0.05) is 31.3 Å². The van der Waals surface area contributed by atoms with E-state index in [9.17, 15) is 13.2 Å². The van der Waals surface area contributed by atoms with E-state index in [1.807, 2.05) is 0 Å². The molecule has 3 rings (SSSR count). The van der Waals surface area contributed by atoms with Crippen LogP contribution in [0.4, 0.5) is 13.2 Å². The van der Waals surface area contributed by atoms with Crippen LogP contribution in [0.15, 0.2) is 6.07 Å². The molecule has 0 saturated carbocycles. The first kappa shape index (κ1) is 14.8. The number of ether oxygens (including phenoxy) is 1. The molecule has 0 aromatic carbocycles. The number of aromatic amines is 1. The van der Waals surface area contributed by atoms with Gasteiger partial charge in [0.25, 0.3) is 0 Å². The van der Waals surface area contributed by atoms with Crippen LogP contribution in [0, 0.1) is 5.92 Å². The van der Waals surface area contributed by atoms with E-state index >= 15 is 0 Å². The van der Waals surface area contributed by atoms with Crippen molar-refractivity contribution >= 4 is 0 Å². The normalized spacial score (nSPS) is 28.1. The summed E-state index contributed by atoms with van der Waals surface area (Å²) in [4.78, 5) is 2.35.